The summed E-state index contributed by atoms with van der Waals surface area (Å²) in [6.45, 7) is 5.96. The molecular weight excluding hydrogens is 284 g/mol. The Balaban J connectivity index is 3.82. The van der Waals surface area contributed by atoms with Crippen LogP contribution in [0.5, 0.6) is 0 Å². The molecule has 0 bridgehead atoms. The second-order valence-corrected chi connectivity index (χ2v) is 5.82. The number of hydrogen-bond donors (Lipinski definition) is 4. The molecule has 0 aliphatic rings. The fourth-order valence-corrected chi connectivity index (χ4v) is 2.05. The number of carbonyl (C=O) groups excluding carboxylic acids is 3. The van der Waals surface area contributed by atoms with E-state index in [0.717, 1.165) is 12.8 Å². The quantitative estimate of drug-likeness (QED) is 0.386. The van der Waals surface area contributed by atoms with Gasteiger partial charge in [-0.15, -0.1) is 0 Å². The van der Waals surface area contributed by atoms with Gasteiger partial charge in [0, 0.05) is 6.54 Å². The third-order valence-corrected chi connectivity index (χ3v) is 3.35. The predicted octanol–water partition coefficient (Wildman–Crippen LogP) is -0.451. The summed E-state index contributed by atoms with van der Waals surface area (Å²) in [6.07, 6.45) is 2.02. The zero-order chi connectivity index (χ0) is 17.1. The van der Waals surface area contributed by atoms with Crippen LogP contribution in [0, 0.1) is 5.92 Å². The first-order valence-corrected chi connectivity index (χ1v) is 7.77. The van der Waals surface area contributed by atoms with Crippen molar-refractivity contribution in [3.8, 4) is 0 Å². The third-order valence-electron chi connectivity index (χ3n) is 3.35. The van der Waals surface area contributed by atoms with Gasteiger partial charge in [-0.2, -0.15) is 0 Å². The van der Waals surface area contributed by atoms with E-state index in [1.54, 1.807) is 7.05 Å². The van der Waals surface area contributed by atoms with E-state index in [4.69, 9.17) is 5.73 Å². The molecule has 2 atom stereocenters. The van der Waals surface area contributed by atoms with Crippen molar-refractivity contribution in [2.45, 2.75) is 52.1 Å². The number of unbranched alkanes of at least 4 members (excludes halogenated alkanes) is 1. The molecule has 0 aromatic heterocycles. The minimum Gasteiger partial charge on any atom is -0.355 e. The molecule has 7 nitrogen and oxygen atoms in total. The van der Waals surface area contributed by atoms with Crippen molar-refractivity contribution in [2.75, 3.05) is 20.1 Å². The van der Waals surface area contributed by atoms with Crippen molar-refractivity contribution in [1.82, 2.24) is 16.0 Å². The third kappa shape index (κ3) is 8.74. The predicted molar refractivity (Wildman–Crippen MR) is 86.2 cm³/mol. The van der Waals surface area contributed by atoms with E-state index in [9.17, 15) is 14.4 Å². The molecule has 5 N–H and O–H groups in total. The molecular formula is C15H30N4O3. The second-order valence-electron chi connectivity index (χ2n) is 5.82. The van der Waals surface area contributed by atoms with Gasteiger partial charge in [0.1, 0.15) is 5.78 Å². The summed E-state index contributed by atoms with van der Waals surface area (Å²) in [5, 5.41) is 8.34. The average molecular weight is 314 g/mol. The fourth-order valence-electron chi connectivity index (χ4n) is 2.05. The van der Waals surface area contributed by atoms with Crippen molar-refractivity contribution in [3.05, 3.63) is 0 Å². The lowest BCUT2D eigenvalue weighted by Crippen LogP contribution is -2.46. The second kappa shape index (κ2) is 11.1. The summed E-state index contributed by atoms with van der Waals surface area (Å²) in [5.41, 5.74) is 5.73. The SMILES string of the molecule is CN[C@H](C(=O)NCCCC[C@H](N)C(=O)NCC(C)=O)C(C)C. The Morgan fingerprint density at radius 2 is 1.68 bits per heavy atom. The molecule has 0 radical (unpaired) electrons. The van der Waals surface area contributed by atoms with Gasteiger partial charge in [0.25, 0.3) is 0 Å². The van der Waals surface area contributed by atoms with E-state index in [0.29, 0.717) is 13.0 Å². The highest BCUT2D eigenvalue weighted by molar-refractivity contribution is 5.87. The zero-order valence-electron chi connectivity index (χ0n) is 14.1. The van der Waals surface area contributed by atoms with Crippen LogP contribution in [0.15, 0.2) is 0 Å². The molecule has 0 saturated heterocycles. The van der Waals surface area contributed by atoms with E-state index < -0.39 is 6.04 Å². The van der Waals surface area contributed by atoms with E-state index in [-0.39, 0.29) is 36.1 Å². The van der Waals surface area contributed by atoms with Gasteiger partial charge < -0.3 is 21.7 Å². The van der Waals surface area contributed by atoms with Crippen molar-refractivity contribution in [3.63, 3.8) is 0 Å². The van der Waals surface area contributed by atoms with Crippen molar-refractivity contribution in [2.24, 2.45) is 11.7 Å². The fraction of sp³-hybridized carbons (Fsp3) is 0.800. The van der Waals surface area contributed by atoms with Gasteiger partial charge in [-0.1, -0.05) is 13.8 Å². The van der Waals surface area contributed by atoms with Crippen LogP contribution in [0.4, 0.5) is 0 Å². The molecule has 0 spiro atoms. The van der Waals surface area contributed by atoms with Gasteiger partial charge in [-0.3, -0.25) is 14.4 Å². The molecule has 2 amide bonds. The molecule has 0 aliphatic heterocycles. The van der Waals surface area contributed by atoms with E-state index in [1.807, 2.05) is 13.8 Å². The van der Waals surface area contributed by atoms with E-state index in [1.165, 1.54) is 6.92 Å². The Hall–Kier alpha value is -1.47. The zero-order valence-corrected chi connectivity index (χ0v) is 14.1. The summed E-state index contributed by atoms with van der Waals surface area (Å²) >= 11 is 0. The molecule has 128 valence electrons. The average Bonchev–Trinajstić information content (AvgIpc) is 2.44. The van der Waals surface area contributed by atoms with Gasteiger partial charge in [0.15, 0.2) is 0 Å². The number of rotatable bonds is 11. The Morgan fingerprint density at radius 1 is 1.05 bits per heavy atom. The summed E-state index contributed by atoms with van der Waals surface area (Å²) in [6, 6.07) is -0.810. The summed E-state index contributed by atoms with van der Waals surface area (Å²) in [5.74, 6) is -0.203. The number of nitrogens with one attached hydrogen (secondary N) is 3. The van der Waals surface area contributed by atoms with Gasteiger partial charge in [0.2, 0.25) is 11.8 Å². The maximum absolute atomic E-state index is 11.9. The lowest BCUT2D eigenvalue weighted by atomic mass is 10.0. The lowest BCUT2D eigenvalue weighted by molar-refractivity contribution is -0.125. The van der Waals surface area contributed by atoms with Crippen LogP contribution >= 0.6 is 0 Å². The lowest BCUT2D eigenvalue weighted by Gasteiger charge is -2.19. The van der Waals surface area contributed by atoms with E-state index >= 15 is 0 Å². The van der Waals surface area contributed by atoms with Crippen LogP contribution in [0.3, 0.4) is 0 Å². The topological polar surface area (TPSA) is 113 Å². The standard InChI is InChI=1S/C15H30N4O3/c1-10(2)13(17-4)15(22)18-8-6-5-7-12(16)14(21)19-9-11(3)20/h10,12-13,17H,5-9,16H2,1-4H3,(H,18,22)(H,19,21)/t12-,13-/m0/s1. The number of carbonyl (C=O) groups is 3. The van der Waals surface area contributed by atoms with E-state index in [2.05, 4.69) is 16.0 Å². The molecule has 0 unspecified atom stereocenters. The number of likely N-dealkylation sites (N-methyl/N-ethyl adjacent to an activating group) is 1. The first-order chi connectivity index (χ1) is 10.3. The van der Waals surface area contributed by atoms with Gasteiger partial charge in [-0.25, -0.2) is 0 Å². The summed E-state index contributed by atoms with van der Waals surface area (Å²) in [7, 11) is 1.77. The maximum atomic E-state index is 11.9. The Kier molecular flexibility index (Phi) is 10.4. The van der Waals surface area contributed by atoms with Gasteiger partial charge >= 0.3 is 0 Å². The number of Topliss-reactive ketones (excluding diaryl/α,β-unsaturated/α-hetero) is 1. The van der Waals surface area contributed by atoms with Crippen LogP contribution in [0.2, 0.25) is 0 Å². The highest BCUT2D eigenvalue weighted by atomic mass is 16.2. The van der Waals surface area contributed by atoms with Crippen LogP contribution in [0.1, 0.15) is 40.0 Å². The Bertz CT molecular complexity index is 372. The summed E-state index contributed by atoms with van der Waals surface area (Å²) < 4.78 is 0. The molecule has 7 heteroatoms. The Labute approximate surface area is 132 Å². The highest BCUT2D eigenvalue weighted by Gasteiger charge is 2.19. The summed E-state index contributed by atoms with van der Waals surface area (Å²) in [4.78, 5) is 34.2. The highest BCUT2D eigenvalue weighted by Crippen LogP contribution is 2.02. The molecule has 0 rings (SSSR count). The normalized spacial score (nSPS) is 13.5. The molecule has 22 heavy (non-hydrogen) atoms. The molecule has 0 aromatic carbocycles. The van der Waals surface area contributed by atoms with Crippen LogP contribution in [-0.2, 0) is 14.4 Å². The largest absolute Gasteiger partial charge is 0.355 e. The number of ketones is 1. The van der Waals surface area contributed by atoms with Crippen molar-refractivity contribution < 1.29 is 14.4 Å². The van der Waals surface area contributed by atoms with Crippen LogP contribution in [0.25, 0.3) is 0 Å². The molecule has 0 fully saturated rings. The molecule has 0 aliphatic carbocycles. The van der Waals surface area contributed by atoms with Crippen LogP contribution < -0.4 is 21.7 Å². The number of nitrogens with two attached hydrogens (primary N) is 1. The first-order valence-electron chi connectivity index (χ1n) is 7.77. The molecule has 0 heterocycles. The van der Waals surface area contributed by atoms with Gasteiger partial charge in [0.05, 0.1) is 18.6 Å². The van der Waals surface area contributed by atoms with Gasteiger partial charge in [-0.05, 0) is 39.2 Å². The maximum Gasteiger partial charge on any atom is 0.237 e. The minimum absolute atomic E-state index is 0.0130. The number of hydrogen-bond acceptors (Lipinski definition) is 5. The molecule has 0 saturated carbocycles. The minimum atomic E-state index is -0.615. The smallest absolute Gasteiger partial charge is 0.237 e. The van der Waals surface area contributed by atoms with Crippen molar-refractivity contribution >= 4 is 17.6 Å². The molecule has 0 aromatic rings. The Morgan fingerprint density at radius 3 is 2.18 bits per heavy atom. The van der Waals surface area contributed by atoms with Crippen molar-refractivity contribution in [1.29, 1.82) is 0 Å². The number of amides is 2. The monoisotopic (exact) mass is 314 g/mol. The first kappa shape index (κ1) is 20.5. The van der Waals surface area contributed by atoms with Crippen LogP contribution in [-0.4, -0.2) is 49.8 Å².